The van der Waals surface area contributed by atoms with E-state index in [1.165, 1.54) is 12.1 Å². The van der Waals surface area contributed by atoms with Gasteiger partial charge in [-0.15, -0.1) is 24.0 Å². The monoisotopic (exact) mass is 566 g/mol. The van der Waals surface area contributed by atoms with Crippen molar-refractivity contribution >= 4 is 35.8 Å². The standard InChI is InChI=1S/C22H29F3N4O2.HI/c1-26-20(29-11-9-28(10-12-29)19(30)18-6-3-13-31-18)27-15-21(7-8-21)16-4-2-5-17(14-16)22(23,24)25;/h2,4-5,14,18H,3,6-13,15H2,1H3,(H,26,27);1H. The Labute approximate surface area is 203 Å². The summed E-state index contributed by atoms with van der Waals surface area (Å²) in [6.07, 6.45) is -1.22. The molecule has 10 heteroatoms. The van der Waals surface area contributed by atoms with Gasteiger partial charge in [-0.1, -0.05) is 18.2 Å². The van der Waals surface area contributed by atoms with Gasteiger partial charge in [-0.05, 0) is 37.3 Å². The van der Waals surface area contributed by atoms with Gasteiger partial charge in [-0.2, -0.15) is 13.2 Å². The molecule has 2 aliphatic heterocycles. The minimum absolute atomic E-state index is 0. The first-order valence-electron chi connectivity index (χ1n) is 10.9. The Balaban J connectivity index is 0.00000289. The van der Waals surface area contributed by atoms with E-state index in [-0.39, 0.29) is 41.4 Å². The van der Waals surface area contributed by atoms with E-state index in [0.717, 1.165) is 43.3 Å². The van der Waals surface area contributed by atoms with Crippen LogP contribution < -0.4 is 5.32 Å². The van der Waals surface area contributed by atoms with E-state index in [1.54, 1.807) is 13.1 Å². The van der Waals surface area contributed by atoms with Crippen molar-refractivity contribution < 1.29 is 22.7 Å². The van der Waals surface area contributed by atoms with E-state index in [4.69, 9.17) is 4.74 Å². The Morgan fingerprint density at radius 3 is 2.47 bits per heavy atom. The molecule has 1 aliphatic carbocycles. The van der Waals surface area contributed by atoms with Crippen molar-refractivity contribution in [2.24, 2.45) is 4.99 Å². The number of nitrogens with zero attached hydrogens (tertiary/aromatic N) is 3. The van der Waals surface area contributed by atoms with Crippen LogP contribution in [-0.4, -0.2) is 74.1 Å². The molecule has 0 radical (unpaired) electrons. The number of hydrogen-bond donors (Lipinski definition) is 1. The molecule has 0 aromatic heterocycles. The third kappa shape index (κ3) is 5.49. The minimum atomic E-state index is -4.34. The maximum atomic E-state index is 13.1. The van der Waals surface area contributed by atoms with E-state index < -0.39 is 11.7 Å². The first-order valence-corrected chi connectivity index (χ1v) is 10.9. The molecular formula is C22H30F3IN4O2. The van der Waals surface area contributed by atoms with Gasteiger partial charge >= 0.3 is 6.18 Å². The highest BCUT2D eigenvalue weighted by atomic mass is 127. The average molecular weight is 566 g/mol. The fourth-order valence-electron chi connectivity index (χ4n) is 4.44. The van der Waals surface area contributed by atoms with E-state index in [9.17, 15) is 18.0 Å². The Hall–Kier alpha value is -1.56. The van der Waals surface area contributed by atoms with Gasteiger partial charge in [-0.25, -0.2) is 0 Å². The first kappa shape index (κ1) is 25.1. The third-order valence-electron chi connectivity index (χ3n) is 6.55. The van der Waals surface area contributed by atoms with E-state index in [0.29, 0.717) is 39.3 Å². The Bertz CT molecular complexity index is 831. The van der Waals surface area contributed by atoms with Crippen molar-refractivity contribution in [3.63, 3.8) is 0 Å². The normalized spacial score (nSPS) is 23.0. The lowest BCUT2D eigenvalue weighted by Gasteiger charge is -2.37. The van der Waals surface area contributed by atoms with Crippen molar-refractivity contribution in [2.45, 2.75) is 43.4 Å². The Morgan fingerprint density at radius 2 is 1.91 bits per heavy atom. The lowest BCUT2D eigenvalue weighted by atomic mass is 9.94. The van der Waals surface area contributed by atoms with Crippen LogP contribution in [0.5, 0.6) is 0 Å². The molecule has 1 amide bonds. The summed E-state index contributed by atoms with van der Waals surface area (Å²) in [6, 6.07) is 5.65. The van der Waals surface area contributed by atoms with Gasteiger partial charge in [0.1, 0.15) is 6.10 Å². The second kappa shape index (κ2) is 10.1. The maximum absolute atomic E-state index is 13.1. The quantitative estimate of drug-likeness (QED) is 0.346. The van der Waals surface area contributed by atoms with Crippen molar-refractivity contribution in [1.82, 2.24) is 15.1 Å². The molecule has 0 spiro atoms. The molecule has 32 heavy (non-hydrogen) atoms. The number of guanidine groups is 1. The zero-order valence-electron chi connectivity index (χ0n) is 18.2. The van der Waals surface area contributed by atoms with Crippen LogP contribution in [0.2, 0.25) is 0 Å². The summed E-state index contributed by atoms with van der Waals surface area (Å²) in [5.41, 5.74) is -0.167. The summed E-state index contributed by atoms with van der Waals surface area (Å²) in [6.45, 7) is 3.73. The summed E-state index contributed by atoms with van der Waals surface area (Å²) in [5, 5.41) is 3.36. The molecule has 3 fully saturated rings. The molecule has 1 unspecified atom stereocenters. The predicted octanol–water partition coefficient (Wildman–Crippen LogP) is 3.25. The molecule has 2 saturated heterocycles. The van der Waals surface area contributed by atoms with Gasteiger partial charge in [0.15, 0.2) is 5.96 Å². The SMILES string of the molecule is CN=C(NCC1(c2cccc(C(F)(F)F)c2)CC1)N1CCN(C(=O)C2CCCO2)CC1.I. The summed E-state index contributed by atoms with van der Waals surface area (Å²) in [5.74, 6) is 0.795. The molecule has 1 N–H and O–H groups in total. The summed E-state index contributed by atoms with van der Waals surface area (Å²) in [4.78, 5) is 20.8. The van der Waals surface area contributed by atoms with Crippen molar-refractivity contribution in [3.8, 4) is 0 Å². The molecule has 4 rings (SSSR count). The lowest BCUT2D eigenvalue weighted by molar-refractivity contribution is -0.142. The number of ether oxygens (including phenoxy) is 1. The smallest absolute Gasteiger partial charge is 0.368 e. The summed E-state index contributed by atoms with van der Waals surface area (Å²) < 4.78 is 44.8. The zero-order valence-corrected chi connectivity index (χ0v) is 20.5. The van der Waals surface area contributed by atoms with Crippen LogP contribution in [0.15, 0.2) is 29.3 Å². The van der Waals surface area contributed by atoms with Crippen LogP contribution in [-0.2, 0) is 21.1 Å². The number of rotatable bonds is 4. The van der Waals surface area contributed by atoms with Crippen LogP contribution in [0.3, 0.4) is 0 Å². The Morgan fingerprint density at radius 1 is 1.22 bits per heavy atom. The third-order valence-corrected chi connectivity index (χ3v) is 6.55. The number of benzene rings is 1. The number of hydrogen-bond acceptors (Lipinski definition) is 3. The van der Waals surface area contributed by atoms with Gasteiger partial charge in [0.2, 0.25) is 0 Å². The predicted molar refractivity (Wildman–Crippen MR) is 126 cm³/mol. The van der Waals surface area contributed by atoms with Crippen molar-refractivity contribution in [3.05, 3.63) is 35.4 Å². The fraction of sp³-hybridized carbons (Fsp3) is 0.636. The van der Waals surface area contributed by atoms with Crippen LogP contribution in [0.25, 0.3) is 0 Å². The number of halogens is 4. The molecule has 1 aromatic carbocycles. The van der Waals surface area contributed by atoms with E-state index in [2.05, 4.69) is 15.2 Å². The van der Waals surface area contributed by atoms with Crippen LogP contribution in [0.1, 0.15) is 36.8 Å². The van der Waals surface area contributed by atoms with Crippen molar-refractivity contribution in [2.75, 3.05) is 46.4 Å². The van der Waals surface area contributed by atoms with Crippen LogP contribution >= 0.6 is 24.0 Å². The molecule has 1 aromatic rings. The number of carbonyl (C=O) groups is 1. The van der Waals surface area contributed by atoms with Gasteiger partial charge in [0.05, 0.1) is 5.56 Å². The number of piperazine rings is 1. The number of carbonyl (C=O) groups excluding carboxylic acids is 1. The number of alkyl halides is 3. The molecular weight excluding hydrogens is 536 g/mol. The van der Waals surface area contributed by atoms with Crippen LogP contribution in [0.4, 0.5) is 13.2 Å². The van der Waals surface area contributed by atoms with Gasteiger partial charge in [0, 0.05) is 51.8 Å². The zero-order chi connectivity index (χ0) is 22.1. The Kier molecular flexibility index (Phi) is 7.95. The maximum Gasteiger partial charge on any atom is 0.416 e. The van der Waals surface area contributed by atoms with E-state index >= 15 is 0 Å². The van der Waals surface area contributed by atoms with Gasteiger partial charge in [-0.3, -0.25) is 9.79 Å². The largest absolute Gasteiger partial charge is 0.416 e. The second-order valence-electron chi connectivity index (χ2n) is 8.57. The second-order valence-corrected chi connectivity index (χ2v) is 8.57. The lowest BCUT2D eigenvalue weighted by Crippen LogP contribution is -2.55. The van der Waals surface area contributed by atoms with Crippen molar-refractivity contribution in [1.29, 1.82) is 0 Å². The number of amides is 1. The molecule has 3 aliphatic rings. The highest BCUT2D eigenvalue weighted by Crippen LogP contribution is 2.48. The highest BCUT2D eigenvalue weighted by Gasteiger charge is 2.45. The molecule has 1 saturated carbocycles. The number of aliphatic imine (C=N–C) groups is 1. The molecule has 6 nitrogen and oxygen atoms in total. The van der Waals surface area contributed by atoms with E-state index in [1.807, 2.05) is 4.90 Å². The molecule has 178 valence electrons. The van der Waals surface area contributed by atoms with Gasteiger partial charge < -0.3 is 19.9 Å². The fourth-order valence-corrected chi connectivity index (χ4v) is 4.44. The average Bonchev–Trinajstić information content (AvgIpc) is 3.36. The minimum Gasteiger partial charge on any atom is -0.368 e. The molecule has 2 heterocycles. The number of nitrogens with one attached hydrogen (secondary N) is 1. The summed E-state index contributed by atoms with van der Waals surface area (Å²) >= 11 is 0. The topological polar surface area (TPSA) is 57.2 Å². The first-order chi connectivity index (χ1) is 14.8. The van der Waals surface area contributed by atoms with Gasteiger partial charge in [0.25, 0.3) is 5.91 Å². The molecule has 0 bridgehead atoms. The summed E-state index contributed by atoms with van der Waals surface area (Å²) in [7, 11) is 1.70. The molecule has 1 atom stereocenters. The highest BCUT2D eigenvalue weighted by molar-refractivity contribution is 14.0. The van der Waals surface area contributed by atoms with Crippen LogP contribution in [0, 0.1) is 0 Å².